The average Bonchev–Trinajstić information content (AvgIpc) is 2.90. The van der Waals surface area contributed by atoms with Crippen LogP contribution in [-0.4, -0.2) is 63.2 Å². The SMILES string of the molecule is CCCCNC(=O)C(C)N(Cc1ccc(C)cc1)C(=O)CN(c1ccc2c(c1)OCCO2)S(=O)(=O)CC. The van der Waals surface area contributed by atoms with Gasteiger partial charge in [0.05, 0.1) is 11.4 Å². The fraction of sp³-hybridized carbons (Fsp3) is 0.481. The van der Waals surface area contributed by atoms with Gasteiger partial charge in [-0.15, -0.1) is 0 Å². The van der Waals surface area contributed by atoms with E-state index in [1.165, 1.54) is 11.8 Å². The monoisotopic (exact) mass is 531 g/mol. The van der Waals surface area contributed by atoms with Crippen molar-refractivity contribution in [3.63, 3.8) is 0 Å². The quantitative estimate of drug-likeness (QED) is 0.422. The van der Waals surface area contributed by atoms with E-state index in [9.17, 15) is 18.0 Å². The predicted octanol–water partition coefficient (Wildman–Crippen LogP) is 3.26. The first-order valence-corrected chi connectivity index (χ1v) is 14.3. The van der Waals surface area contributed by atoms with E-state index in [0.29, 0.717) is 36.9 Å². The molecule has 2 aromatic carbocycles. The van der Waals surface area contributed by atoms with Gasteiger partial charge in [0, 0.05) is 19.2 Å². The maximum atomic E-state index is 13.7. The molecule has 2 aromatic rings. The number of nitrogens with one attached hydrogen (secondary N) is 1. The number of nitrogens with zero attached hydrogens (tertiary/aromatic N) is 2. The first-order valence-electron chi connectivity index (χ1n) is 12.7. The standard InChI is InChI=1S/C27H37N3O6S/c1-5-7-14-28-27(32)21(4)29(18-22-10-8-20(3)9-11-22)26(31)19-30(37(33,34)6-2)23-12-13-24-25(17-23)36-16-15-35-24/h8-13,17,21H,5-7,14-16,18-19H2,1-4H3,(H,28,32). The summed E-state index contributed by atoms with van der Waals surface area (Å²) in [5, 5.41) is 2.88. The molecule has 37 heavy (non-hydrogen) atoms. The van der Waals surface area contributed by atoms with Gasteiger partial charge in [-0.25, -0.2) is 8.42 Å². The summed E-state index contributed by atoms with van der Waals surface area (Å²) in [5.41, 5.74) is 2.22. The Morgan fingerprint density at radius 2 is 1.70 bits per heavy atom. The van der Waals surface area contributed by atoms with Crippen molar-refractivity contribution in [3.05, 3.63) is 53.6 Å². The van der Waals surface area contributed by atoms with E-state index in [2.05, 4.69) is 5.32 Å². The van der Waals surface area contributed by atoms with Crippen LogP contribution in [0.25, 0.3) is 0 Å². The topological polar surface area (TPSA) is 105 Å². The third kappa shape index (κ3) is 7.38. The largest absolute Gasteiger partial charge is 0.486 e. The summed E-state index contributed by atoms with van der Waals surface area (Å²) >= 11 is 0. The second kappa shape index (κ2) is 12.8. The molecule has 1 heterocycles. The van der Waals surface area contributed by atoms with Gasteiger partial charge < -0.3 is 19.7 Å². The van der Waals surface area contributed by atoms with Crippen LogP contribution >= 0.6 is 0 Å². The zero-order chi connectivity index (χ0) is 27.0. The highest BCUT2D eigenvalue weighted by Gasteiger charge is 2.31. The van der Waals surface area contributed by atoms with E-state index in [0.717, 1.165) is 28.3 Å². The number of hydrogen-bond acceptors (Lipinski definition) is 6. The van der Waals surface area contributed by atoms with Crippen LogP contribution in [0.15, 0.2) is 42.5 Å². The molecule has 10 heteroatoms. The van der Waals surface area contributed by atoms with E-state index in [1.54, 1.807) is 25.1 Å². The molecule has 1 atom stereocenters. The number of rotatable bonds is 12. The van der Waals surface area contributed by atoms with Crippen LogP contribution in [0.4, 0.5) is 5.69 Å². The van der Waals surface area contributed by atoms with Crippen molar-refractivity contribution < 1.29 is 27.5 Å². The Morgan fingerprint density at radius 1 is 1.03 bits per heavy atom. The Balaban J connectivity index is 1.91. The molecule has 0 saturated heterocycles. The van der Waals surface area contributed by atoms with Gasteiger partial charge in [0.2, 0.25) is 21.8 Å². The molecule has 1 N–H and O–H groups in total. The highest BCUT2D eigenvalue weighted by Crippen LogP contribution is 2.35. The van der Waals surface area contributed by atoms with Gasteiger partial charge >= 0.3 is 0 Å². The molecule has 1 unspecified atom stereocenters. The Hall–Kier alpha value is -3.27. The summed E-state index contributed by atoms with van der Waals surface area (Å²) < 4.78 is 38.5. The van der Waals surface area contributed by atoms with Crippen molar-refractivity contribution in [2.24, 2.45) is 0 Å². The van der Waals surface area contributed by atoms with E-state index < -0.39 is 28.5 Å². The molecule has 0 saturated carbocycles. The molecule has 2 amide bonds. The van der Waals surface area contributed by atoms with Gasteiger partial charge in [0.25, 0.3) is 0 Å². The number of aryl methyl sites for hydroxylation is 1. The fourth-order valence-corrected chi connectivity index (χ4v) is 4.97. The Labute approximate surface area is 219 Å². The third-order valence-electron chi connectivity index (χ3n) is 6.26. The summed E-state index contributed by atoms with van der Waals surface area (Å²) in [6.07, 6.45) is 1.76. The van der Waals surface area contributed by atoms with Crippen LogP contribution in [0.2, 0.25) is 0 Å². The first-order chi connectivity index (χ1) is 17.7. The van der Waals surface area contributed by atoms with Gasteiger partial charge in [0.1, 0.15) is 25.8 Å². The highest BCUT2D eigenvalue weighted by molar-refractivity contribution is 7.92. The zero-order valence-corrected chi connectivity index (χ0v) is 22.8. The summed E-state index contributed by atoms with van der Waals surface area (Å²) in [6.45, 7) is 8.19. The minimum Gasteiger partial charge on any atom is -0.486 e. The highest BCUT2D eigenvalue weighted by atomic mass is 32.2. The smallest absolute Gasteiger partial charge is 0.244 e. The Bertz CT molecular complexity index is 1180. The van der Waals surface area contributed by atoms with E-state index in [-0.39, 0.29) is 18.2 Å². The summed E-state index contributed by atoms with van der Waals surface area (Å²) in [7, 11) is -3.82. The molecular weight excluding hydrogens is 494 g/mol. The molecular formula is C27H37N3O6S. The van der Waals surface area contributed by atoms with Crippen molar-refractivity contribution >= 4 is 27.5 Å². The number of unbranched alkanes of at least 4 members (excludes halogenated alkanes) is 1. The number of anilines is 1. The summed E-state index contributed by atoms with van der Waals surface area (Å²) in [5.74, 6) is -0.00952. The maximum Gasteiger partial charge on any atom is 0.244 e. The van der Waals surface area contributed by atoms with Crippen LogP contribution in [-0.2, 0) is 26.2 Å². The molecule has 1 aliphatic heterocycles. The van der Waals surface area contributed by atoms with Crippen LogP contribution in [0.1, 0.15) is 44.7 Å². The third-order valence-corrected chi connectivity index (χ3v) is 8.00. The Morgan fingerprint density at radius 3 is 2.35 bits per heavy atom. The van der Waals surface area contributed by atoms with Gasteiger partial charge in [-0.05, 0) is 44.9 Å². The normalized spacial score (nSPS) is 13.5. The molecule has 3 rings (SSSR count). The van der Waals surface area contributed by atoms with Gasteiger partial charge in [-0.1, -0.05) is 43.2 Å². The number of ether oxygens (including phenoxy) is 2. The van der Waals surface area contributed by atoms with Gasteiger partial charge in [-0.3, -0.25) is 13.9 Å². The Kier molecular flexibility index (Phi) is 9.79. The minimum absolute atomic E-state index is 0.169. The van der Waals surface area contributed by atoms with Crippen LogP contribution in [0.3, 0.4) is 0 Å². The van der Waals surface area contributed by atoms with E-state index >= 15 is 0 Å². The molecule has 202 valence electrons. The molecule has 0 aliphatic carbocycles. The molecule has 0 fully saturated rings. The number of benzene rings is 2. The second-order valence-corrected chi connectivity index (χ2v) is 11.2. The molecule has 9 nitrogen and oxygen atoms in total. The van der Waals surface area contributed by atoms with E-state index in [4.69, 9.17) is 9.47 Å². The van der Waals surface area contributed by atoms with Crippen molar-refractivity contribution in [3.8, 4) is 11.5 Å². The van der Waals surface area contributed by atoms with Crippen molar-refractivity contribution in [2.45, 2.75) is 53.1 Å². The van der Waals surface area contributed by atoms with Crippen molar-refractivity contribution in [2.75, 3.05) is 36.4 Å². The number of carbonyl (C=O) groups excluding carboxylic acids is 2. The fourth-order valence-electron chi connectivity index (χ4n) is 3.92. The summed E-state index contributed by atoms with van der Waals surface area (Å²) in [4.78, 5) is 28.1. The van der Waals surface area contributed by atoms with E-state index in [1.807, 2.05) is 38.1 Å². The molecule has 0 bridgehead atoms. The maximum absolute atomic E-state index is 13.7. The molecule has 0 spiro atoms. The lowest BCUT2D eigenvalue weighted by molar-refractivity contribution is -0.139. The van der Waals surface area contributed by atoms with Crippen LogP contribution < -0.4 is 19.1 Å². The zero-order valence-electron chi connectivity index (χ0n) is 22.0. The predicted molar refractivity (Wildman–Crippen MR) is 143 cm³/mol. The number of sulfonamides is 1. The average molecular weight is 532 g/mol. The first kappa shape index (κ1) is 28.3. The lowest BCUT2D eigenvalue weighted by atomic mass is 10.1. The number of carbonyl (C=O) groups is 2. The number of fused-ring (bicyclic) bond motifs is 1. The lowest BCUT2D eigenvalue weighted by Crippen LogP contribution is -2.51. The molecule has 0 aromatic heterocycles. The number of hydrogen-bond donors (Lipinski definition) is 1. The minimum atomic E-state index is -3.82. The molecule has 1 aliphatic rings. The molecule has 0 radical (unpaired) electrons. The van der Waals surface area contributed by atoms with Gasteiger partial charge in [-0.2, -0.15) is 0 Å². The van der Waals surface area contributed by atoms with Crippen LogP contribution in [0, 0.1) is 6.92 Å². The lowest BCUT2D eigenvalue weighted by Gasteiger charge is -2.32. The van der Waals surface area contributed by atoms with Crippen molar-refractivity contribution in [1.29, 1.82) is 0 Å². The summed E-state index contributed by atoms with van der Waals surface area (Å²) in [6, 6.07) is 11.7. The van der Waals surface area contributed by atoms with Crippen LogP contribution in [0.5, 0.6) is 11.5 Å². The second-order valence-electron chi connectivity index (χ2n) is 9.06. The van der Waals surface area contributed by atoms with Crippen molar-refractivity contribution in [1.82, 2.24) is 10.2 Å². The number of amides is 2. The van der Waals surface area contributed by atoms with Gasteiger partial charge in [0.15, 0.2) is 11.5 Å².